The van der Waals surface area contributed by atoms with Crippen LogP contribution in [0.5, 0.6) is 0 Å². The fraction of sp³-hybridized carbons (Fsp3) is 0.550. The number of H-pyrrole nitrogens is 1. The molecule has 2 fully saturated rings. The van der Waals surface area contributed by atoms with E-state index in [9.17, 15) is 4.79 Å². The van der Waals surface area contributed by atoms with Crippen LogP contribution in [0.4, 0.5) is 0 Å². The minimum Gasteiger partial charge on any atom is -0.339 e. The van der Waals surface area contributed by atoms with Gasteiger partial charge in [0.25, 0.3) is 5.91 Å². The number of carbonyl (C=O) groups is 1. The van der Waals surface area contributed by atoms with Gasteiger partial charge in [-0.25, -0.2) is 4.98 Å². The maximum absolute atomic E-state index is 12.7. The number of likely N-dealkylation sites (tertiary alicyclic amines) is 1. The Morgan fingerprint density at radius 1 is 1.12 bits per heavy atom. The van der Waals surface area contributed by atoms with Crippen molar-refractivity contribution in [1.29, 1.82) is 0 Å². The largest absolute Gasteiger partial charge is 0.339 e. The third-order valence-corrected chi connectivity index (χ3v) is 5.37. The van der Waals surface area contributed by atoms with Gasteiger partial charge in [0.2, 0.25) is 0 Å². The number of hydrogen-bond donors (Lipinski definition) is 1. The van der Waals surface area contributed by atoms with Crippen molar-refractivity contribution >= 4 is 5.91 Å². The summed E-state index contributed by atoms with van der Waals surface area (Å²) in [5.74, 6) is 3.13. The van der Waals surface area contributed by atoms with Crippen LogP contribution in [0.2, 0.25) is 0 Å². The van der Waals surface area contributed by atoms with Gasteiger partial charge in [0.15, 0.2) is 5.82 Å². The summed E-state index contributed by atoms with van der Waals surface area (Å²) in [5, 5.41) is 7.49. The van der Waals surface area contributed by atoms with Crippen molar-refractivity contribution in [1.82, 2.24) is 20.1 Å². The van der Waals surface area contributed by atoms with E-state index in [0.29, 0.717) is 11.8 Å². The van der Waals surface area contributed by atoms with Gasteiger partial charge in [0.1, 0.15) is 5.82 Å². The number of carbonyl (C=O) groups excluding carboxylic acids is 1. The van der Waals surface area contributed by atoms with E-state index < -0.39 is 0 Å². The summed E-state index contributed by atoms with van der Waals surface area (Å²) in [5.41, 5.74) is 2.10. The summed E-state index contributed by atoms with van der Waals surface area (Å²) in [6, 6.07) is 8.10. The monoisotopic (exact) mass is 338 g/mol. The Bertz CT molecular complexity index is 724. The van der Waals surface area contributed by atoms with E-state index in [-0.39, 0.29) is 5.91 Å². The maximum atomic E-state index is 12.7. The molecule has 1 saturated carbocycles. The predicted octanol–water partition coefficient (Wildman–Crippen LogP) is 3.65. The van der Waals surface area contributed by atoms with Crippen LogP contribution >= 0.6 is 0 Å². The van der Waals surface area contributed by atoms with Gasteiger partial charge in [0.05, 0.1) is 0 Å². The van der Waals surface area contributed by atoms with E-state index in [1.165, 1.54) is 18.4 Å². The molecule has 5 heteroatoms. The molecule has 1 saturated heterocycles. The van der Waals surface area contributed by atoms with Crippen LogP contribution in [0.3, 0.4) is 0 Å². The number of aromatic amines is 1. The summed E-state index contributed by atoms with van der Waals surface area (Å²) >= 11 is 0. The molecule has 25 heavy (non-hydrogen) atoms. The summed E-state index contributed by atoms with van der Waals surface area (Å²) < 4.78 is 0. The number of benzene rings is 1. The number of hydrogen-bond acceptors (Lipinski definition) is 3. The topological polar surface area (TPSA) is 61.9 Å². The van der Waals surface area contributed by atoms with E-state index >= 15 is 0 Å². The Morgan fingerprint density at radius 3 is 2.48 bits per heavy atom. The second-order valence-electron chi connectivity index (χ2n) is 7.37. The van der Waals surface area contributed by atoms with E-state index in [2.05, 4.69) is 34.2 Å². The second kappa shape index (κ2) is 6.98. The van der Waals surface area contributed by atoms with Crippen molar-refractivity contribution in [3.05, 3.63) is 47.0 Å². The number of nitrogens with zero attached hydrogens (tertiary/aromatic N) is 3. The highest BCUT2D eigenvalue weighted by Crippen LogP contribution is 2.38. The maximum Gasteiger partial charge on any atom is 0.253 e. The Labute approximate surface area is 148 Å². The molecular formula is C20H26N4O. The Hall–Kier alpha value is -2.17. The lowest BCUT2D eigenvalue weighted by molar-refractivity contribution is 0.0711. The zero-order valence-electron chi connectivity index (χ0n) is 14.9. The minimum atomic E-state index is 0.151. The van der Waals surface area contributed by atoms with Crippen LogP contribution in [-0.2, 0) is 6.42 Å². The Kier molecular flexibility index (Phi) is 4.55. The molecule has 2 heterocycles. The van der Waals surface area contributed by atoms with Gasteiger partial charge in [0, 0.05) is 30.5 Å². The van der Waals surface area contributed by atoms with Gasteiger partial charge in [-0.05, 0) is 49.8 Å². The molecule has 2 aromatic rings. The van der Waals surface area contributed by atoms with Crippen molar-refractivity contribution in [2.45, 2.75) is 57.3 Å². The van der Waals surface area contributed by atoms with Gasteiger partial charge < -0.3 is 4.90 Å². The quantitative estimate of drug-likeness (QED) is 0.905. The van der Waals surface area contributed by atoms with Crippen molar-refractivity contribution in [2.75, 3.05) is 13.1 Å². The zero-order valence-corrected chi connectivity index (χ0v) is 14.9. The average molecular weight is 338 g/mol. The molecule has 0 spiro atoms. The lowest BCUT2D eigenvalue weighted by atomic mass is 9.95. The van der Waals surface area contributed by atoms with Gasteiger partial charge in [-0.2, -0.15) is 5.10 Å². The van der Waals surface area contributed by atoms with Gasteiger partial charge in [-0.1, -0.05) is 25.5 Å². The molecule has 5 nitrogen and oxygen atoms in total. The highest BCUT2D eigenvalue weighted by atomic mass is 16.2. The second-order valence-corrected chi connectivity index (χ2v) is 7.37. The van der Waals surface area contributed by atoms with Gasteiger partial charge >= 0.3 is 0 Å². The predicted molar refractivity (Wildman–Crippen MR) is 96.7 cm³/mol. The molecule has 2 aliphatic rings. The molecule has 4 rings (SSSR count). The molecule has 1 amide bonds. The average Bonchev–Trinajstić information content (AvgIpc) is 3.39. The summed E-state index contributed by atoms with van der Waals surface area (Å²) in [7, 11) is 0. The fourth-order valence-corrected chi connectivity index (χ4v) is 3.64. The first-order valence-corrected chi connectivity index (χ1v) is 9.55. The standard InChI is InChI=1S/C20H26N4O/c1-2-3-14-4-6-17(7-5-14)20(25)24-12-10-16(11-13-24)19-21-18(22-23-19)15-8-9-15/h4-7,15-16H,2-3,8-13H2,1H3,(H,21,22,23). The van der Waals surface area contributed by atoms with E-state index in [1.54, 1.807) is 0 Å². The van der Waals surface area contributed by atoms with Crippen LogP contribution in [0.1, 0.15) is 78.4 Å². The SMILES string of the molecule is CCCc1ccc(C(=O)N2CCC(c3nc(C4CC4)n[nH]3)CC2)cc1. The molecule has 1 aromatic carbocycles. The van der Waals surface area contributed by atoms with E-state index in [4.69, 9.17) is 0 Å². The van der Waals surface area contributed by atoms with Crippen molar-refractivity contribution in [3.63, 3.8) is 0 Å². The molecule has 0 radical (unpaired) electrons. The molecule has 1 aliphatic heterocycles. The van der Waals surface area contributed by atoms with Crippen LogP contribution in [0.25, 0.3) is 0 Å². The molecule has 0 bridgehead atoms. The Morgan fingerprint density at radius 2 is 1.84 bits per heavy atom. The first-order chi connectivity index (χ1) is 12.2. The van der Waals surface area contributed by atoms with Crippen molar-refractivity contribution in [3.8, 4) is 0 Å². The summed E-state index contributed by atoms with van der Waals surface area (Å²) in [6.07, 6.45) is 6.56. The van der Waals surface area contributed by atoms with Crippen LogP contribution in [0, 0.1) is 0 Å². The normalized spacial score (nSPS) is 18.5. The van der Waals surface area contributed by atoms with Crippen molar-refractivity contribution in [2.24, 2.45) is 0 Å². The third kappa shape index (κ3) is 3.60. The number of piperidine rings is 1. The first-order valence-electron chi connectivity index (χ1n) is 9.55. The fourth-order valence-electron chi connectivity index (χ4n) is 3.64. The molecule has 1 aliphatic carbocycles. The molecule has 132 valence electrons. The zero-order chi connectivity index (χ0) is 17.2. The van der Waals surface area contributed by atoms with Crippen molar-refractivity contribution < 1.29 is 4.79 Å². The molecular weight excluding hydrogens is 312 g/mol. The van der Waals surface area contributed by atoms with Gasteiger partial charge in [-0.3, -0.25) is 9.89 Å². The van der Waals surface area contributed by atoms with Crippen LogP contribution in [-0.4, -0.2) is 39.1 Å². The Balaban J connectivity index is 1.34. The lowest BCUT2D eigenvalue weighted by Gasteiger charge is -2.31. The molecule has 1 aromatic heterocycles. The van der Waals surface area contributed by atoms with E-state index in [0.717, 1.165) is 56.0 Å². The van der Waals surface area contributed by atoms with Gasteiger partial charge in [-0.15, -0.1) is 0 Å². The summed E-state index contributed by atoms with van der Waals surface area (Å²) in [6.45, 7) is 3.75. The van der Waals surface area contributed by atoms with Crippen LogP contribution in [0.15, 0.2) is 24.3 Å². The smallest absolute Gasteiger partial charge is 0.253 e. The molecule has 1 N–H and O–H groups in total. The number of aromatic nitrogens is 3. The van der Waals surface area contributed by atoms with E-state index in [1.807, 2.05) is 17.0 Å². The van der Waals surface area contributed by atoms with Crippen LogP contribution < -0.4 is 0 Å². The number of aryl methyl sites for hydroxylation is 1. The lowest BCUT2D eigenvalue weighted by Crippen LogP contribution is -2.38. The number of nitrogens with one attached hydrogen (secondary N) is 1. The molecule has 0 atom stereocenters. The highest BCUT2D eigenvalue weighted by molar-refractivity contribution is 5.94. The highest BCUT2D eigenvalue weighted by Gasteiger charge is 2.30. The first kappa shape index (κ1) is 16.3. The molecule has 0 unspecified atom stereocenters. The minimum absolute atomic E-state index is 0.151. The summed E-state index contributed by atoms with van der Waals surface area (Å²) in [4.78, 5) is 19.4. The number of rotatable bonds is 5. The third-order valence-electron chi connectivity index (χ3n) is 5.37. The number of amides is 1.